The number of anilines is 1. The molecule has 184 valence electrons. The molecule has 13 heteroatoms. The highest BCUT2D eigenvalue weighted by atomic mass is 35.5. The molecule has 0 radical (unpaired) electrons. The van der Waals surface area contributed by atoms with E-state index in [9.17, 15) is 31.9 Å². The minimum absolute atomic E-state index is 0.00372. The van der Waals surface area contributed by atoms with Crippen LogP contribution in [0.1, 0.15) is 15.9 Å². The Bertz CT molecular complexity index is 1400. The van der Waals surface area contributed by atoms with Crippen LogP contribution in [0.4, 0.5) is 14.5 Å². The number of benzene rings is 3. The Kier molecular flexibility index (Phi) is 8.22. The van der Waals surface area contributed by atoms with Crippen molar-refractivity contribution in [3.05, 3.63) is 92.4 Å². The van der Waals surface area contributed by atoms with Gasteiger partial charge in [-0.15, -0.1) is 0 Å². The van der Waals surface area contributed by atoms with Gasteiger partial charge >= 0.3 is 5.97 Å². The van der Waals surface area contributed by atoms with E-state index in [-0.39, 0.29) is 22.0 Å². The van der Waals surface area contributed by atoms with Gasteiger partial charge in [-0.2, -0.15) is 0 Å². The van der Waals surface area contributed by atoms with E-state index < -0.39 is 50.2 Å². The molecule has 3 aromatic carbocycles. The molecular weight excluding hydrogens is 549 g/mol. The number of sulfonamides is 1. The summed E-state index contributed by atoms with van der Waals surface area (Å²) in [6.07, 6.45) is -0.216. The molecule has 0 saturated carbocycles. The Morgan fingerprint density at radius 1 is 0.943 bits per heavy atom. The van der Waals surface area contributed by atoms with Crippen LogP contribution in [-0.4, -0.2) is 31.4 Å². The second-order valence-corrected chi connectivity index (χ2v) is 10.0. The van der Waals surface area contributed by atoms with Crippen molar-refractivity contribution in [3.63, 3.8) is 0 Å². The van der Waals surface area contributed by atoms with Crippen LogP contribution in [0.25, 0.3) is 0 Å². The first-order valence-electron chi connectivity index (χ1n) is 9.63. The first-order valence-corrected chi connectivity index (χ1v) is 12.2. The van der Waals surface area contributed by atoms with E-state index in [4.69, 9.17) is 34.8 Å². The zero-order valence-electron chi connectivity index (χ0n) is 17.4. The number of carboxylic acid groups (broad SMARTS) is 1. The number of amides is 1. The normalized spacial score (nSPS) is 12.1. The lowest BCUT2D eigenvalue weighted by atomic mass is 10.0. The molecule has 0 aromatic heterocycles. The Balaban J connectivity index is 1.92. The van der Waals surface area contributed by atoms with E-state index in [2.05, 4.69) is 5.32 Å². The largest absolute Gasteiger partial charge is 0.480 e. The smallest absolute Gasteiger partial charge is 0.326 e. The Morgan fingerprint density at radius 3 is 2.14 bits per heavy atom. The maximum absolute atomic E-state index is 14.1. The summed E-state index contributed by atoms with van der Waals surface area (Å²) in [6.45, 7) is 0. The van der Waals surface area contributed by atoms with E-state index in [1.54, 1.807) is 0 Å². The molecule has 1 amide bonds. The first-order chi connectivity index (χ1) is 16.4. The third-order valence-corrected chi connectivity index (χ3v) is 6.94. The maximum Gasteiger partial charge on any atom is 0.326 e. The van der Waals surface area contributed by atoms with Gasteiger partial charge in [-0.1, -0.05) is 46.9 Å². The van der Waals surface area contributed by atoms with Gasteiger partial charge in [0, 0.05) is 21.5 Å². The lowest BCUT2D eigenvalue weighted by Crippen LogP contribution is -2.42. The van der Waals surface area contributed by atoms with Crippen molar-refractivity contribution >= 4 is 62.4 Å². The number of hydrogen-bond acceptors (Lipinski definition) is 4. The number of carboxylic acids is 1. The second kappa shape index (κ2) is 10.8. The van der Waals surface area contributed by atoms with Crippen LogP contribution < -0.4 is 10.0 Å². The summed E-state index contributed by atoms with van der Waals surface area (Å²) in [5.41, 5.74) is -0.384. The molecular formula is C22H15Cl3F2N2O5S. The van der Waals surface area contributed by atoms with Gasteiger partial charge in [0.1, 0.15) is 17.7 Å². The first kappa shape index (κ1) is 26.7. The van der Waals surface area contributed by atoms with Crippen molar-refractivity contribution in [1.29, 1.82) is 0 Å². The van der Waals surface area contributed by atoms with Crippen LogP contribution in [0, 0.1) is 11.6 Å². The monoisotopic (exact) mass is 562 g/mol. The fraction of sp³-hybridized carbons (Fsp3) is 0.0909. The summed E-state index contributed by atoms with van der Waals surface area (Å²) in [6, 6.07) is 8.85. The fourth-order valence-corrected chi connectivity index (χ4v) is 4.94. The van der Waals surface area contributed by atoms with Crippen molar-refractivity contribution in [3.8, 4) is 0 Å². The molecule has 0 aliphatic rings. The molecule has 7 nitrogen and oxygen atoms in total. The number of carbonyl (C=O) groups is 2. The summed E-state index contributed by atoms with van der Waals surface area (Å²) in [5.74, 6) is -5.09. The lowest BCUT2D eigenvalue weighted by Gasteiger charge is -2.18. The van der Waals surface area contributed by atoms with Gasteiger partial charge in [-0.25, -0.2) is 22.0 Å². The Hall–Kier alpha value is -2.92. The van der Waals surface area contributed by atoms with Gasteiger partial charge in [0.25, 0.3) is 15.9 Å². The zero-order valence-corrected chi connectivity index (χ0v) is 20.4. The molecule has 35 heavy (non-hydrogen) atoms. The second-order valence-electron chi connectivity index (χ2n) is 7.15. The van der Waals surface area contributed by atoms with Crippen molar-refractivity contribution in [2.75, 3.05) is 4.72 Å². The number of halogens is 5. The minimum Gasteiger partial charge on any atom is -0.480 e. The zero-order chi connectivity index (χ0) is 25.9. The molecule has 0 bridgehead atoms. The van der Waals surface area contributed by atoms with Crippen LogP contribution >= 0.6 is 34.8 Å². The van der Waals surface area contributed by atoms with Crippen molar-refractivity contribution < 1.29 is 31.9 Å². The van der Waals surface area contributed by atoms with Crippen molar-refractivity contribution in [1.82, 2.24) is 5.32 Å². The predicted molar refractivity (Wildman–Crippen MR) is 128 cm³/mol. The summed E-state index contributed by atoms with van der Waals surface area (Å²) in [5, 5.41) is 12.4. The fourth-order valence-electron chi connectivity index (χ4n) is 3.08. The molecule has 1 unspecified atom stereocenters. The molecule has 0 aliphatic carbocycles. The topological polar surface area (TPSA) is 113 Å². The van der Waals surface area contributed by atoms with E-state index in [1.165, 1.54) is 24.3 Å². The van der Waals surface area contributed by atoms with E-state index in [0.717, 1.165) is 30.3 Å². The third kappa shape index (κ3) is 6.40. The Morgan fingerprint density at radius 2 is 1.54 bits per heavy atom. The summed E-state index contributed by atoms with van der Waals surface area (Å²) in [4.78, 5) is 23.4. The van der Waals surface area contributed by atoms with Gasteiger partial charge in [0.15, 0.2) is 4.90 Å². The number of aliphatic carboxylic acids is 1. The maximum atomic E-state index is 14.1. The molecule has 0 heterocycles. The Labute approximate surface area is 213 Å². The van der Waals surface area contributed by atoms with Crippen LogP contribution in [0.15, 0.2) is 59.5 Å². The molecule has 3 rings (SSSR count). The molecule has 3 N–H and O–H groups in total. The minimum atomic E-state index is -4.84. The SMILES string of the molecule is O=C(NC(Cc1ccc(Cl)cc1Cl)C(=O)O)c1ccc(Cl)cc1NS(=O)(=O)c1c(F)cccc1F. The average molecular weight is 564 g/mol. The van der Waals surface area contributed by atoms with Crippen LogP contribution in [0.5, 0.6) is 0 Å². The van der Waals surface area contributed by atoms with Gasteiger partial charge in [0.2, 0.25) is 0 Å². The number of hydrogen-bond donors (Lipinski definition) is 3. The highest BCUT2D eigenvalue weighted by Gasteiger charge is 2.28. The third-order valence-electron chi connectivity index (χ3n) is 4.70. The highest BCUT2D eigenvalue weighted by molar-refractivity contribution is 7.92. The number of nitrogens with one attached hydrogen (secondary N) is 2. The molecule has 3 aromatic rings. The van der Waals surface area contributed by atoms with Crippen LogP contribution in [-0.2, 0) is 21.2 Å². The number of carbonyl (C=O) groups excluding carboxylic acids is 1. The highest BCUT2D eigenvalue weighted by Crippen LogP contribution is 2.27. The van der Waals surface area contributed by atoms with E-state index >= 15 is 0 Å². The molecule has 0 saturated heterocycles. The van der Waals surface area contributed by atoms with Crippen molar-refractivity contribution in [2.24, 2.45) is 0 Å². The molecule has 1 atom stereocenters. The van der Waals surface area contributed by atoms with Gasteiger partial charge in [-0.3, -0.25) is 9.52 Å². The van der Waals surface area contributed by atoms with E-state index in [0.29, 0.717) is 10.6 Å². The predicted octanol–water partition coefficient (Wildman–Crippen LogP) is 5.15. The quantitative estimate of drug-likeness (QED) is 0.351. The lowest BCUT2D eigenvalue weighted by molar-refractivity contribution is -0.139. The van der Waals surface area contributed by atoms with Crippen LogP contribution in [0.2, 0.25) is 15.1 Å². The number of rotatable bonds is 8. The van der Waals surface area contributed by atoms with Crippen molar-refractivity contribution in [2.45, 2.75) is 17.4 Å². The summed E-state index contributed by atoms with van der Waals surface area (Å²) < 4.78 is 55.4. The van der Waals surface area contributed by atoms with Gasteiger partial charge < -0.3 is 10.4 Å². The summed E-state index contributed by atoms with van der Waals surface area (Å²) >= 11 is 17.8. The molecule has 0 fully saturated rings. The van der Waals surface area contributed by atoms with Gasteiger partial charge in [0.05, 0.1) is 11.3 Å². The van der Waals surface area contributed by atoms with Crippen LogP contribution in [0.3, 0.4) is 0 Å². The average Bonchev–Trinajstić information content (AvgIpc) is 2.74. The standard InChI is InChI=1S/C22H15Cl3F2N2O5S/c23-12-5-4-11(15(25)9-12)8-19(22(31)32)28-21(30)14-7-6-13(24)10-18(14)29-35(33,34)20-16(26)2-1-3-17(20)27/h1-7,9-10,19,29H,8H2,(H,28,30)(H,31,32). The molecule has 0 aliphatic heterocycles. The molecule has 0 spiro atoms. The summed E-state index contributed by atoms with van der Waals surface area (Å²) in [7, 11) is -4.84. The van der Waals surface area contributed by atoms with E-state index in [1.807, 2.05) is 4.72 Å². The van der Waals surface area contributed by atoms with Gasteiger partial charge in [-0.05, 0) is 48.0 Å².